The van der Waals surface area contributed by atoms with Gasteiger partial charge < -0.3 is 0 Å². The van der Waals surface area contributed by atoms with Crippen LogP contribution in [0.5, 0.6) is 0 Å². The number of benzene rings is 1. The van der Waals surface area contributed by atoms with Crippen LogP contribution in [0.25, 0.3) is 5.65 Å². The first-order valence-corrected chi connectivity index (χ1v) is 7.51. The number of hydrogen-bond donors (Lipinski definition) is 0. The summed E-state index contributed by atoms with van der Waals surface area (Å²) in [6, 6.07) is 11.5. The first-order chi connectivity index (χ1) is 10.7. The van der Waals surface area contributed by atoms with Crippen LogP contribution in [0.15, 0.2) is 42.7 Å². The van der Waals surface area contributed by atoms with Crippen LogP contribution in [-0.4, -0.2) is 14.6 Å². The summed E-state index contributed by atoms with van der Waals surface area (Å²) in [6.45, 7) is 2.00. The molecule has 0 aliphatic heterocycles. The van der Waals surface area contributed by atoms with E-state index in [0.717, 1.165) is 11.2 Å². The molecule has 22 heavy (non-hydrogen) atoms. The van der Waals surface area contributed by atoms with Gasteiger partial charge in [-0.2, -0.15) is 10.4 Å². The third kappa shape index (κ3) is 3.26. The second kappa shape index (κ2) is 6.17. The van der Waals surface area contributed by atoms with Gasteiger partial charge in [0.2, 0.25) is 0 Å². The van der Waals surface area contributed by atoms with Crippen molar-refractivity contribution in [1.29, 1.82) is 5.26 Å². The summed E-state index contributed by atoms with van der Waals surface area (Å²) in [7, 11) is 0. The van der Waals surface area contributed by atoms with Gasteiger partial charge in [-0.15, -0.1) is 0 Å². The van der Waals surface area contributed by atoms with Crippen molar-refractivity contribution in [2.75, 3.05) is 0 Å². The maximum absolute atomic E-state index is 8.38. The predicted molar refractivity (Wildman–Crippen MR) is 85.9 cm³/mol. The van der Waals surface area contributed by atoms with Gasteiger partial charge in [0.1, 0.15) is 5.15 Å². The summed E-state index contributed by atoms with van der Waals surface area (Å²) in [5.41, 5.74) is 4.10. The summed E-state index contributed by atoms with van der Waals surface area (Å²) >= 11 is 5.89. The van der Waals surface area contributed by atoms with Gasteiger partial charge in [-0.1, -0.05) is 29.3 Å². The molecule has 3 aromatic rings. The number of nitriles is 1. The number of aryl methyl sites for hydroxylation is 1. The van der Waals surface area contributed by atoms with E-state index in [0.29, 0.717) is 11.1 Å². The molecule has 0 radical (unpaired) electrons. The highest BCUT2D eigenvalue weighted by Crippen LogP contribution is 2.41. The van der Waals surface area contributed by atoms with Crippen LogP contribution < -0.4 is 0 Å². The molecule has 1 aromatic carbocycles. The van der Waals surface area contributed by atoms with Crippen molar-refractivity contribution < 1.29 is 0 Å². The highest BCUT2D eigenvalue weighted by atomic mass is 35.5. The molecule has 4 rings (SSSR count). The van der Waals surface area contributed by atoms with Gasteiger partial charge in [0.25, 0.3) is 0 Å². The van der Waals surface area contributed by atoms with Crippen molar-refractivity contribution in [2.45, 2.75) is 25.7 Å². The molecule has 2 heterocycles. The second-order valence-electron chi connectivity index (χ2n) is 5.37. The third-order valence-electron chi connectivity index (χ3n) is 3.56. The van der Waals surface area contributed by atoms with E-state index in [9.17, 15) is 0 Å². The van der Waals surface area contributed by atoms with Crippen LogP contribution in [0.1, 0.15) is 35.4 Å². The van der Waals surface area contributed by atoms with E-state index in [4.69, 9.17) is 16.9 Å². The third-order valence-corrected chi connectivity index (χ3v) is 3.74. The maximum atomic E-state index is 8.38. The monoisotopic (exact) mass is 310 g/mol. The minimum atomic E-state index is 0.549. The van der Waals surface area contributed by atoms with E-state index in [2.05, 4.69) is 16.2 Å². The zero-order chi connectivity index (χ0) is 15.5. The average Bonchev–Trinajstić information content (AvgIpc) is 3.26. The Morgan fingerprint density at radius 2 is 2.00 bits per heavy atom. The Morgan fingerprint density at radius 1 is 1.27 bits per heavy atom. The highest BCUT2D eigenvalue weighted by Gasteiger charge is 2.26. The molecule has 4 nitrogen and oxygen atoms in total. The molecule has 0 unspecified atom stereocenters. The molecular formula is C17H15ClN4. The Labute approximate surface area is 134 Å². The lowest BCUT2D eigenvalue weighted by atomic mass is 10.2. The molecule has 0 atom stereocenters. The number of imidazole rings is 1. The number of fused-ring (bicyclic) bond motifs is 1. The number of rotatable bonds is 1. The summed E-state index contributed by atoms with van der Waals surface area (Å²) in [6.07, 6.45) is 6.09. The summed E-state index contributed by atoms with van der Waals surface area (Å²) in [4.78, 5) is 4.26. The van der Waals surface area contributed by atoms with Gasteiger partial charge in [-0.25, -0.2) is 9.50 Å². The summed E-state index contributed by atoms with van der Waals surface area (Å²) in [5.74, 6) is 0.658. The lowest BCUT2D eigenvalue weighted by molar-refractivity contribution is 0.913. The molecule has 0 bridgehead atoms. The molecule has 0 N–H and O–H groups in total. The predicted octanol–water partition coefficient (Wildman–Crippen LogP) is 4.13. The molecule has 2 aromatic heterocycles. The van der Waals surface area contributed by atoms with Crippen molar-refractivity contribution in [2.24, 2.45) is 0 Å². The molecule has 0 saturated heterocycles. The van der Waals surface area contributed by atoms with Gasteiger partial charge in [0.15, 0.2) is 5.65 Å². The minimum absolute atomic E-state index is 0.549. The van der Waals surface area contributed by atoms with Crippen LogP contribution in [-0.2, 0) is 0 Å². The number of nitrogens with zero attached hydrogens (tertiary/aromatic N) is 4. The summed E-state index contributed by atoms with van der Waals surface area (Å²) < 4.78 is 1.75. The smallest absolute Gasteiger partial charge is 0.157 e. The molecule has 1 saturated carbocycles. The van der Waals surface area contributed by atoms with Crippen LogP contribution in [0.2, 0.25) is 5.15 Å². The van der Waals surface area contributed by atoms with E-state index < -0.39 is 0 Å². The fourth-order valence-electron chi connectivity index (χ4n) is 2.23. The van der Waals surface area contributed by atoms with Gasteiger partial charge in [-0.3, -0.25) is 0 Å². The Balaban J connectivity index is 0.000000142. The molecule has 0 amide bonds. The first kappa shape index (κ1) is 14.6. The lowest BCUT2D eigenvalue weighted by Gasteiger charge is -2.00. The lowest BCUT2D eigenvalue weighted by Crippen LogP contribution is -1.95. The fourth-order valence-corrected chi connectivity index (χ4v) is 2.43. The first-order valence-electron chi connectivity index (χ1n) is 7.14. The minimum Gasteiger partial charge on any atom is -0.235 e. The van der Waals surface area contributed by atoms with Crippen molar-refractivity contribution in [3.05, 3.63) is 64.6 Å². The Bertz CT molecular complexity index is 826. The van der Waals surface area contributed by atoms with E-state index in [1.807, 2.05) is 43.5 Å². The van der Waals surface area contributed by atoms with Gasteiger partial charge in [0.05, 0.1) is 11.6 Å². The quantitative estimate of drug-likeness (QED) is 0.679. The highest BCUT2D eigenvalue weighted by molar-refractivity contribution is 6.29. The van der Waals surface area contributed by atoms with Gasteiger partial charge in [0, 0.05) is 18.0 Å². The standard InChI is InChI=1S/C9H8ClN3.C8H7N/c10-8-5-7(6-1-2-6)9-11-3-4-13(9)12-8;1-7-2-4-8(6-9)5-3-7/h3-6H,1-2H2;2-5H,1H3. The van der Waals surface area contributed by atoms with Crippen molar-refractivity contribution in [1.82, 2.24) is 14.6 Å². The number of hydrogen-bond acceptors (Lipinski definition) is 3. The molecule has 1 aliphatic rings. The topological polar surface area (TPSA) is 54.0 Å². The maximum Gasteiger partial charge on any atom is 0.157 e. The molecule has 5 heteroatoms. The SMILES string of the molecule is Cc1ccc(C#N)cc1.Clc1cc(C2CC2)c2nccn2n1. The van der Waals surface area contributed by atoms with E-state index in [1.165, 1.54) is 24.0 Å². The Hall–Kier alpha value is -2.38. The van der Waals surface area contributed by atoms with Crippen molar-refractivity contribution in [3.63, 3.8) is 0 Å². The summed E-state index contributed by atoms with van der Waals surface area (Å²) in [5, 5.41) is 13.1. The van der Waals surface area contributed by atoms with E-state index in [-0.39, 0.29) is 0 Å². The normalized spacial score (nSPS) is 13.3. The molecule has 1 fully saturated rings. The Kier molecular flexibility index (Phi) is 4.08. The number of aromatic nitrogens is 3. The van der Waals surface area contributed by atoms with Crippen LogP contribution in [0.3, 0.4) is 0 Å². The molecule has 110 valence electrons. The van der Waals surface area contributed by atoms with Crippen LogP contribution in [0.4, 0.5) is 0 Å². The van der Waals surface area contributed by atoms with Crippen molar-refractivity contribution in [3.8, 4) is 6.07 Å². The fraction of sp³-hybridized carbons (Fsp3) is 0.235. The van der Waals surface area contributed by atoms with Gasteiger partial charge in [-0.05, 0) is 43.9 Å². The van der Waals surface area contributed by atoms with E-state index in [1.54, 1.807) is 10.7 Å². The molecular weight excluding hydrogens is 296 g/mol. The van der Waals surface area contributed by atoms with Crippen molar-refractivity contribution >= 4 is 17.2 Å². The van der Waals surface area contributed by atoms with Crippen LogP contribution in [0, 0.1) is 18.3 Å². The zero-order valence-electron chi connectivity index (χ0n) is 12.2. The molecule has 1 aliphatic carbocycles. The second-order valence-corrected chi connectivity index (χ2v) is 5.76. The zero-order valence-corrected chi connectivity index (χ0v) is 13.0. The molecule has 0 spiro atoms. The number of halogens is 1. The Morgan fingerprint density at radius 3 is 2.64 bits per heavy atom. The van der Waals surface area contributed by atoms with Crippen LogP contribution >= 0.6 is 11.6 Å². The average molecular weight is 311 g/mol. The largest absolute Gasteiger partial charge is 0.235 e. The van der Waals surface area contributed by atoms with Gasteiger partial charge >= 0.3 is 0 Å². The van der Waals surface area contributed by atoms with E-state index >= 15 is 0 Å².